The van der Waals surface area contributed by atoms with Crippen LogP contribution in [0.3, 0.4) is 0 Å². The second-order valence-corrected chi connectivity index (χ2v) is 9.03. The van der Waals surface area contributed by atoms with Crippen LogP contribution in [0.25, 0.3) is 0 Å². The van der Waals surface area contributed by atoms with Crippen LogP contribution in [0.4, 0.5) is 0 Å². The lowest BCUT2D eigenvalue weighted by atomic mass is 10.1. The van der Waals surface area contributed by atoms with Crippen LogP contribution >= 0.6 is 0 Å². The van der Waals surface area contributed by atoms with Crippen LogP contribution in [0.2, 0.25) is 0 Å². The number of unbranched alkanes of at least 4 members (excludes halogenated alkanes) is 18. The Morgan fingerprint density at radius 3 is 1.47 bits per heavy atom. The van der Waals surface area contributed by atoms with E-state index in [1.165, 1.54) is 122 Å². The average Bonchev–Trinajstić information content (AvgIpc) is 2.75. The number of rotatable bonds is 24. The Morgan fingerprint density at radius 2 is 0.933 bits per heavy atom. The summed E-state index contributed by atoms with van der Waals surface area (Å²) in [5, 5.41) is 0. The highest BCUT2D eigenvalue weighted by Crippen LogP contribution is 2.12. The van der Waals surface area contributed by atoms with Crippen molar-refractivity contribution in [3.05, 3.63) is 12.2 Å². The number of hydrogen-bond acceptors (Lipinski definition) is 2. The Balaban J connectivity index is 3.18. The molecule has 178 valence electrons. The van der Waals surface area contributed by atoms with Crippen LogP contribution in [-0.2, 0) is 9.53 Å². The molecule has 0 atom stereocenters. The largest absolute Gasteiger partial charge is 0.466 e. The van der Waals surface area contributed by atoms with E-state index in [-0.39, 0.29) is 5.97 Å². The second kappa shape index (κ2) is 26.2. The monoisotopic (exact) mass is 422 g/mol. The predicted octanol–water partition coefficient (Wildman–Crippen LogP) is 9.71. The lowest BCUT2D eigenvalue weighted by Crippen LogP contribution is -2.05. The van der Waals surface area contributed by atoms with Gasteiger partial charge in [-0.3, -0.25) is 4.79 Å². The van der Waals surface area contributed by atoms with Crippen LogP contribution in [0.5, 0.6) is 0 Å². The predicted molar refractivity (Wildman–Crippen MR) is 133 cm³/mol. The maximum absolute atomic E-state index is 11.8. The molecule has 0 aliphatic carbocycles. The minimum absolute atomic E-state index is 0.0134. The SMILES string of the molecule is CCCCCC/C=C/CCCCCCCCOC(=O)CCCCCCCCCCC. The standard InChI is InChI=1S/C28H54O2/c1-3-5-7-9-11-13-14-15-16-17-19-21-23-25-27-30-28(29)26-24-22-20-18-12-10-8-6-4-2/h13-14H,3-12,15-27H2,1-2H3/b14-13+. The Labute approximate surface area is 189 Å². The van der Waals surface area contributed by atoms with Crippen molar-refractivity contribution in [2.24, 2.45) is 0 Å². The highest BCUT2D eigenvalue weighted by molar-refractivity contribution is 5.69. The summed E-state index contributed by atoms with van der Waals surface area (Å²) >= 11 is 0. The van der Waals surface area contributed by atoms with Crippen molar-refractivity contribution in [3.63, 3.8) is 0 Å². The molecule has 0 saturated heterocycles. The number of hydrogen-bond donors (Lipinski definition) is 0. The fourth-order valence-corrected chi connectivity index (χ4v) is 3.83. The van der Waals surface area contributed by atoms with E-state index in [2.05, 4.69) is 26.0 Å². The number of carbonyl (C=O) groups excluding carboxylic acids is 1. The summed E-state index contributed by atoms with van der Waals surface area (Å²) in [5.74, 6) is 0.0134. The first-order valence-electron chi connectivity index (χ1n) is 13.6. The van der Waals surface area contributed by atoms with Gasteiger partial charge >= 0.3 is 5.97 Å². The summed E-state index contributed by atoms with van der Waals surface area (Å²) < 4.78 is 5.37. The van der Waals surface area contributed by atoms with Crippen molar-refractivity contribution in [1.82, 2.24) is 0 Å². The minimum Gasteiger partial charge on any atom is -0.466 e. The van der Waals surface area contributed by atoms with Gasteiger partial charge in [0.1, 0.15) is 0 Å². The normalized spacial score (nSPS) is 11.4. The zero-order chi connectivity index (χ0) is 22.0. The van der Waals surface area contributed by atoms with E-state index in [1.54, 1.807) is 0 Å². The molecular weight excluding hydrogens is 368 g/mol. The Bertz CT molecular complexity index is 362. The molecule has 0 fully saturated rings. The van der Waals surface area contributed by atoms with Crippen LogP contribution in [-0.4, -0.2) is 12.6 Å². The highest BCUT2D eigenvalue weighted by Gasteiger charge is 2.02. The fraction of sp³-hybridized carbons (Fsp3) is 0.893. The van der Waals surface area contributed by atoms with Crippen LogP contribution in [0.15, 0.2) is 12.2 Å². The molecule has 0 unspecified atom stereocenters. The lowest BCUT2D eigenvalue weighted by Gasteiger charge is -2.05. The number of allylic oxidation sites excluding steroid dienone is 2. The third kappa shape index (κ3) is 25.2. The third-order valence-electron chi connectivity index (χ3n) is 5.90. The molecular formula is C28H54O2. The van der Waals surface area contributed by atoms with Crippen molar-refractivity contribution in [3.8, 4) is 0 Å². The van der Waals surface area contributed by atoms with Crippen molar-refractivity contribution >= 4 is 5.97 Å². The van der Waals surface area contributed by atoms with E-state index in [0.29, 0.717) is 13.0 Å². The van der Waals surface area contributed by atoms with Gasteiger partial charge in [0.25, 0.3) is 0 Å². The molecule has 0 aromatic carbocycles. The van der Waals surface area contributed by atoms with E-state index in [0.717, 1.165) is 12.8 Å². The molecule has 30 heavy (non-hydrogen) atoms. The smallest absolute Gasteiger partial charge is 0.305 e. The molecule has 0 saturated carbocycles. The van der Waals surface area contributed by atoms with E-state index < -0.39 is 0 Å². The number of carbonyl (C=O) groups is 1. The van der Waals surface area contributed by atoms with Gasteiger partial charge in [-0.25, -0.2) is 0 Å². The Morgan fingerprint density at radius 1 is 0.533 bits per heavy atom. The summed E-state index contributed by atoms with van der Waals surface area (Å²) in [4.78, 5) is 11.8. The average molecular weight is 423 g/mol. The second-order valence-electron chi connectivity index (χ2n) is 9.03. The summed E-state index contributed by atoms with van der Waals surface area (Å²) in [6.45, 7) is 5.15. The van der Waals surface area contributed by atoms with Crippen molar-refractivity contribution in [2.45, 2.75) is 155 Å². The highest BCUT2D eigenvalue weighted by atomic mass is 16.5. The van der Waals surface area contributed by atoms with Gasteiger partial charge in [0.05, 0.1) is 6.61 Å². The van der Waals surface area contributed by atoms with Crippen molar-refractivity contribution in [2.75, 3.05) is 6.61 Å². The van der Waals surface area contributed by atoms with Gasteiger partial charge in [-0.2, -0.15) is 0 Å². The first kappa shape index (κ1) is 29.2. The molecule has 0 aliphatic rings. The molecule has 0 aromatic rings. The van der Waals surface area contributed by atoms with Crippen LogP contribution in [0, 0.1) is 0 Å². The molecule has 0 aliphatic heterocycles. The topological polar surface area (TPSA) is 26.3 Å². The number of esters is 1. The molecule has 0 radical (unpaired) electrons. The molecule has 0 heterocycles. The van der Waals surface area contributed by atoms with Crippen LogP contribution < -0.4 is 0 Å². The molecule has 0 bridgehead atoms. The number of ether oxygens (including phenoxy) is 1. The van der Waals surface area contributed by atoms with Gasteiger partial charge in [-0.15, -0.1) is 0 Å². The van der Waals surface area contributed by atoms with E-state index in [1.807, 2.05) is 0 Å². The quantitative estimate of drug-likeness (QED) is 0.0878. The van der Waals surface area contributed by atoms with Gasteiger partial charge in [0.2, 0.25) is 0 Å². The maximum Gasteiger partial charge on any atom is 0.305 e. The van der Waals surface area contributed by atoms with Gasteiger partial charge in [0, 0.05) is 6.42 Å². The molecule has 2 heteroatoms. The molecule has 0 spiro atoms. The first-order valence-corrected chi connectivity index (χ1v) is 13.6. The first-order chi connectivity index (χ1) is 14.8. The summed E-state index contributed by atoms with van der Waals surface area (Å²) in [6, 6.07) is 0. The lowest BCUT2D eigenvalue weighted by molar-refractivity contribution is -0.143. The summed E-state index contributed by atoms with van der Waals surface area (Å²) in [5.41, 5.74) is 0. The minimum atomic E-state index is 0.0134. The fourth-order valence-electron chi connectivity index (χ4n) is 3.83. The Kier molecular flexibility index (Phi) is 25.6. The molecule has 2 nitrogen and oxygen atoms in total. The van der Waals surface area contributed by atoms with E-state index in [9.17, 15) is 4.79 Å². The summed E-state index contributed by atoms with van der Waals surface area (Å²) in [6.07, 6.45) is 32.4. The Hall–Kier alpha value is -0.790. The molecule has 0 aromatic heterocycles. The molecule has 0 N–H and O–H groups in total. The van der Waals surface area contributed by atoms with E-state index >= 15 is 0 Å². The van der Waals surface area contributed by atoms with Crippen molar-refractivity contribution in [1.29, 1.82) is 0 Å². The summed E-state index contributed by atoms with van der Waals surface area (Å²) in [7, 11) is 0. The van der Waals surface area contributed by atoms with Gasteiger partial charge in [0.15, 0.2) is 0 Å². The zero-order valence-electron chi connectivity index (χ0n) is 20.7. The van der Waals surface area contributed by atoms with Gasteiger partial charge < -0.3 is 4.74 Å². The van der Waals surface area contributed by atoms with Crippen molar-refractivity contribution < 1.29 is 9.53 Å². The van der Waals surface area contributed by atoms with E-state index in [4.69, 9.17) is 4.74 Å². The van der Waals surface area contributed by atoms with Crippen LogP contribution in [0.1, 0.15) is 155 Å². The third-order valence-corrected chi connectivity index (χ3v) is 5.90. The zero-order valence-corrected chi connectivity index (χ0v) is 20.7. The van der Waals surface area contributed by atoms with Gasteiger partial charge in [-0.1, -0.05) is 122 Å². The molecule has 0 rings (SSSR count). The maximum atomic E-state index is 11.8. The molecule has 0 amide bonds. The van der Waals surface area contributed by atoms with Gasteiger partial charge in [-0.05, 0) is 38.5 Å².